The molecule has 3 rings (SSSR count). The lowest BCUT2D eigenvalue weighted by atomic mass is 10.1. The number of thioether (sulfide) groups is 1. The number of aryl methyl sites for hydroxylation is 1. The van der Waals surface area contributed by atoms with Crippen molar-refractivity contribution < 1.29 is 13.6 Å². The van der Waals surface area contributed by atoms with Gasteiger partial charge in [-0.1, -0.05) is 41.6 Å². The highest BCUT2D eigenvalue weighted by atomic mass is 32.2. The summed E-state index contributed by atoms with van der Waals surface area (Å²) in [6, 6.07) is 10.6. The minimum atomic E-state index is -0.749. The van der Waals surface area contributed by atoms with Crippen LogP contribution in [0.1, 0.15) is 5.56 Å². The molecule has 0 unspecified atom stereocenters. The lowest BCUT2D eigenvalue weighted by molar-refractivity contribution is -0.113. The number of rotatable bonds is 5. The average molecular weight is 360 g/mol. The van der Waals surface area contributed by atoms with Gasteiger partial charge in [-0.2, -0.15) is 0 Å². The van der Waals surface area contributed by atoms with E-state index in [9.17, 15) is 13.6 Å². The van der Waals surface area contributed by atoms with Crippen LogP contribution in [0.2, 0.25) is 0 Å². The molecule has 0 aliphatic rings. The first-order chi connectivity index (χ1) is 12.0. The second kappa shape index (κ2) is 7.43. The van der Waals surface area contributed by atoms with Gasteiger partial charge in [0, 0.05) is 17.3 Å². The standard InChI is InChI=1S/C17H14F2N4OS/c1-10-2-4-11(5-3-10)16-21-17(23-22-16)25-9-15(24)20-14-7-12(18)6-13(19)8-14/h2-8H,9H2,1H3,(H,20,24)(H,21,22,23). The Bertz CT molecular complexity index is 876. The van der Waals surface area contributed by atoms with Crippen LogP contribution in [-0.4, -0.2) is 26.8 Å². The largest absolute Gasteiger partial charge is 0.325 e. The maximum absolute atomic E-state index is 13.1. The number of nitrogens with zero attached hydrogens (tertiary/aromatic N) is 2. The molecule has 1 aromatic heterocycles. The Labute approximate surface area is 146 Å². The summed E-state index contributed by atoms with van der Waals surface area (Å²) in [6.07, 6.45) is 0. The molecular formula is C17H14F2N4OS. The molecule has 2 aromatic carbocycles. The summed E-state index contributed by atoms with van der Waals surface area (Å²) < 4.78 is 26.2. The number of anilines is 1. The van der Waals surface area contributed by atoms with Crippen LogP contribution in [0.5, 0.6) is 0 Å². The summed E-state index contributed by atoms with van der Waals surface area (Å²) in [5.74, 6) is -1.26. The summed E-state index contributed by atoms with van der Waals surface area (Å²) >= 11 is 1.15. The Balaban J connectivity index is 1.58. The molecule has 8 heteroatoms. The second-order valence-corrected chi connectivity index (χ2v) is 6.30. The normalized spacial score (nSPS) is 10.7. The minimum Gasteiger partial charge on any atom is -0.325 e. The molecule has 0 saturated heterocycles. The van der Waals surface area contributed by atoms with Gasteiger partial charge in [0.2, 0.25) is 5.91 Å². The van der Waals surface area contributed by atoms with Crippen molar-refractivity contribution in [1.82, 2.24) is 15.2 Å². The Morgan fingerprint density at radius 1 is 1.12 bits per heavy atom. The number of halogens is 2. The van der Waals surface area contributed by atoms with E-state index >= 15 is 0 Å². The number of hydrogen-bond acceptors (Lipinski definition) is 4. The smallest absolute Gasteiger partial charge is 0.234 e. The van der Waals surface area contributed by atoms with E-state index in [1.807, 2.05) is 31.2 Å². The number of nitrogens with one attached hydrogen (secondary N) is 2. The summed E-state index contributed by atoms with van der Waals surface area (Å²) in [5, 5.41) is 10.9. The van der Waals surface area contributed by atoms with E-state index in [2.05, 4.69) is 20.5 Å². The molecule has 128 valence electrons. The molecule has 0 bridgehead atoms. The molecule has 0 saturated carbocycles. The van der Waals surface area contributed by atoms with Gasteiger partial charge < -0.3 is 10.3 Å². The number of aromatic amines is 1. The van der Waals surface area contributed by atoms with Gasteiger partial charge in [0.25, 0.3) is 0 Å². The van der Waals surface area contributed by atoms with Gasteiger partial charge in [-0.3, -0.25) is 4.79 Å². The molecule has 0 aliphatic heterocycles. The van der Waals surface area contributed by atoms with Crippen LogP contribution in [0, 0.1) is 18.6 Å². The third-order valence-electron chi connectivity index (χ3n) is 3.28. The van der Waals surface area contributed by atoms with Crippen LogP contribution in [0.3, 0.4) is 0 Å². The highest BCUT2D eigenvalue weighted by molar-refractivity contribution is 7.99. The third-order valence-corrected chi connectivity index (χ3v) is 4.14. The summed E-state index contributed by atoms with van der Waals surface area (Å²) in [6.45, 7) is 1.99. The molecule has 0 fully saturated rings. The SMILES string of the molecule is Cc1ccc(-c2nnc(SCC(=O)Nc3cc(F)cc(F)c3)[nH]2)cc1. The number of amides is 1. The van der Waals surface area contributed by atoms with Gasteiger partial charge in [-0.25, -0.2) is 8.78 Å². The van der Waals surface area contributed by atoms with Crippen LogP contribution in [0.25, 0.3) is 11.4 Å². The maximum Gasteiger partial charge on any atom is 0.234 e. The van der Waals surface area contributed by atoms with Crippen molar-refractivity contribution in [3.63, 3.8) is 0 Å². The molecule has 0 spiro atoms. The lowest BCUT2D eigenvalue weighted by Crippen LogP contribution is -2.14. The van der Waals surface area contributed by atoms with E-state index in [0.29, 0.717) is 11.0 Å². The lowest BCUT2D eigenvalue weighted by Gasteiger charge is -2.04. The number of hydrogen-bond donors (Lipinski definition) is 2. The second-order valence-electron chi connectivity index (χ2n) is 5.34. The number of carbonyl (C=O) groups is 1. The van der Waals surface area contributed by atoms with Gasteiger partial charge in [0.15, 0.2) is 11.0 Å². The average Bonchev–Trinajstić information content (AvgIpc) is 3.01. The molecule has 1 heterocycles. The van der Waals surface area contributed by atoms with Crippen LogP contribution in [-0.2, 0) is 4.79 Å². The molecule has 0 aliphatic carbocycles. The van der Waals surface area contributed by atoms with Crippen molar-refractivity contribution in [2.45, 2.75) is 12.1 Å². The summed E-state index contributed by atoms with van der Waals surface area (Å²) in [7, 11) is 0. The monoisotopic (exact) mass is 360 g/mol. The van der Waals surface area contributed by atoms with Gasteiger partial charge in [-0.15, -0.1) is 10.2 Å². The molecular weight excluding hydrogens is 346 g/mol. The minimum absolute atomic E-state index is 0.0284. The van der Waals surface area contributed by atoms with Gasteiger partial charge in [0.05, 0.1) is 5.75 Å². The summed E-state index contributed by atoms with van der Waals surface area (Å²) in [4.78, 5) is 14.9. The number of aromatic nitrogens is 3. The fourth-order valence-corrected chi connectivity index (χ4v) is 2.72. The van der Waals surface area contributed by atoms with Crippen molar-refractivity contribution in [3.8, 4) is 11.4 Å². The maximum atomic E-state index is 13.1. The van der Waals surface area contributed by atoms with E-state index in [0.717, 1.165) is 41.1 Å². The van der Waals surface area contributed by atoms with Gasteiger partial charge >= 0.3 is 0 Å². The molecule has 0 atom stereocenters. The Morgan fingerprint density at radius 2 is 1.80 bits per heavy atom. The van der Waals surface area contributed by atoms with Crippen LogP contribution < -0.4 is 5.32 Å². The van der Waals surface area contributed by atoms with E-state index in [1.54, 1.807) is 0 Å². The van der Waals surface area contributed by atoms with Crippen molar-refractivity contribution >= 4 is 23.4 Å². The highest BCUT2D eigenvalue weighted by Crippen LogP contribution is 2.20. The molecule has 25 heavy (non-hydrogen) atoms. The van der Waals surface area contributed by atoms with Crippen LogP contribution in [0.4, 0.5) is 14.5 Å². The molecule has 1 amide bonds. The van der Waals surface area contributed by atoms with Gasteiger partial charge in [0.1, 0.15) is 11.6 Å². The molecule has 2 N–H and O–H groups in total. The topological polar surface area (TPSA) is 70.7 Å². The zero-order valence-corrected chi connectivity index (χ0v) is 14.0. The first-order valence-corrected chi connectivity index (χ1v) is 8.36. The van der Waals surface area contributed by atoms with Gasteiger partial charge in [-0.05, 0) is 19.1 Å². The summed E-state index contributed by atoms with van der Waals surface area (Å²) in [5.41, 5.74) is 2.11. The fraction of sp³-hybridized carbons (Fsp3) is 0.118. The van der Waals surface area contributed by atoms with Crippen LogP contribution >= 0.6 is 11.8 Å². The van der Waals surface area contributed by atoms with E-state index < -0.39 is 17.5 Å². The Hall–Kier alpha value is -2.74. The number of carbonyl (C=O) groups excluding carboxylic acids is 1. The van der Waals surface area contributed by atoms with Crippen molar-refractivity contribution in [2.24, 2.45) is 0 Å². The number of benzene rings is 2. The van der Waals surface area contributed by atoms with E-state index in [1.165, 1.54) is 0 Å². The predicted molar refractivity (Wildman–Crippen MR) is 92.3 cm³/mol. The zero-order chi connectivity index (χ0) is 17.8. The zero-order valence-electron chi connectivity index (χ0n) is 13.2. The quantitative estimate of drug-likeness (QED) is 0.679. The highest BCUT2D eigenvalue weighted by Gasteiger charge is 2.10. The van der Waals surface area contributed by atoms with E-state index in [-0.39, 0.29) is 11.4 Å². The fourth-order valence-electron chi connectivity index (χ4n) is 2.11. The first-order valence-electron chi connectivity index (χ1n) is 7.38. The Morgan fingerprint density at radius 3 is 2.48 bits per heavy atom. The van der Waals surface area contributed by atoms with Crippen molar-refractivity contribution in [3.05, 3.63) is 59.7 Å². The molecule has 3 aromatic rings. The van der Waals surface area contributed by atoms with Crippen molar-refractivity contribution in [2.75, 3.05) is 11.1 Å². The molecule has 0 radical (unpaired) electrons. The first kappa shape index (κ1) is 17.1. The predicted octanol–water partition coefficient (Wildman–Crippen LogP) is 3.79. The van der Waals surface area contributed by atoms with Crippen molar-refractivity contribution in [1.29, 1.82) is 0 Å². The van der Waals surface area contributed by atoms with Crippen LogP contribution in [0.15, 0.2) is 47.6 Å². The van der Waals surface area contributed by atoms with E-state index in [4.69, 9.17) is 0 Å². The Kier molecular flexibility index (Phi) is 5.08. The molecule has 5 nitrogen and oxygen atoms in total. The third kappa shape index (κ3) is 4.63. The number of H-pyrrole nitrogens is 1.